The number of benzene rings is 1. The molecule has 0 spiro atoms. The van der Waals surface area contributed by atoms with Crippen molar-refractivity contribution in [1.29, 1.82) is 0 Å². The zero-order valence-electron chi connectivity index (χ0n) is 16.8. The van der Waals surface area contributed by atoms with Crippen LogP contribution in [0.25, 0.3) is 0 Å². The Balaban J connectivity index is 1.64. The number of methoxy groups -OCH3 is 2. The number of sulfonamides is 1. The summed E-state index contributed by atoms with van der Waals surface area (Å²) in [6.07, 6.45) is 1.78. The van der Waals surface area contributed by atoms with E-state index in [9.17, 15) is 13.2 Å². The van der Waals surface area contributed by atoms with Crippen molar-refractivity contribution in [3.63, 3.8) is 0 Å². The third-order valence-corrected chi connectivity index (χ3v) is 8.49. The lowest BCUT2D eigenvalue weighted by Gasteiger charge is -2.28. The van der Waals surface area contributed by atoms with Gasteiger partial charge >= 0.3 is 0 Å². The van der Waals surface area contributed by atoms with Gasteiger partial charge in [-0.1, -0.05) is 6.92 Å². The maximum Gasteiger partial charge on any atom is 0.252 e. The molecule has 158 valence electrons. The number of rotatable bonds is 7. The molecular formula is C20H26N2O5S2. The van der Waals surface area contributed by atoms with Crippen molar-refractivity contribution >= 4 is 27.3 Å². The van der Waals surface area contributed by atoms with E-state index in [2.05, 4.69) is 12.2 Å². The van der Waals surface area contributed by atoms with Gasteiger partial charge in [-0.15, -0.1) is 11.3 Å². The Labute approximate surface area is 175 Å². The Morgan fingerprint density at radius 2 is 1.83 bits per heavy atom. The molecule has 29 heavy (non-hydrogen) atoms. The van der Waals surface area contributed by atoms with E-state index in [1.165, 1.54) is 25.6 Å². The third-order valence-electron chi connectivity index (χ3n) is 5.04. The molecule has 1 aromatic heterocycles. The second-order valence-corrected chi connectivity index (χ2v) is 10.4. The molecule has 0 radical (unpaired) electrons. The molecule has 0 atom stereocenters. The number of hydrogen-bond donors (Lipinski definition) is 1. The van der Waals surface area contributed by atoms with Gasteiger partial charge in [0.2, 0.25) is 0 Å². The molecule has 1 N–H and O–H groups in total. The first-order valence-corrected chi connectivity index (χ1v) is 11.7. The van der Waals surface area contributed by atoms with Crippen LogP contribution in [0.2, 0.25) is 0 Å². The molecule has 0 bridgehead atoms. The molecule has 1 aromatic carbocycles. The highest BCUT2D eigenvalue weighted by Crippen LogP contribution is 2.29. The molecule has 7 nitrogen and oxygen atoms in total. The summed E-state index contributed by atoms with van der Waals surface area (Å²) in [5.74, 6) is 1.31. The molecule has 1 aliphatic heterocycles. The fourth-order valence-corrected chi connectivity index (χ4v) is 6.11. The van der Waals surface area contributed by atoms with Gasteiger partial charge in [0.25, 0.3) is 15.9 Å². The third kappa shape index (κ3) is 4.91. The summed E-state index contributed by atoms with van der Waals surface area (Å²) >= 11 is 1.20. The van der Waals surface area contributed by atoms with Gasteiger partial charge in [-0.3, -0.25) is 4.79 Å². The summed E-state index contributed by atoms with van der Waals surface area (Å²) in [5, 5.41) is 2.82. The number of piperidine rings is 1. The summed E-state index contributed by atoms with van der Waals surface area (Å²) in [6, 6.07) is 8.30. The summed E-state index contributed by atoms with van der Waals surface area (Å²) < 4.78 is 37.9. The van der Waals surface area contributed by atoms with E-state index in [-0.39, 0.29) is 12.5 Å². The molecule has 0 aliphatic carbocycles. The van der Waals surface area contributed by atoms with Crippen molar-refractivity contribution in [1.82, 2.24) is 9.62 Å². The maximum atomic E-state index is 12.8. The number of ether oxygens (including phenoxy) is 2. The van der Waals surface area contributed by atoms with Crippen LogP contribution in [0.15, 0.2) is 34.5 Å². The molecule has 0 saturated carbocycles. The van der Waals surface area contributed by atoms with Gasteiger partial charge in [0.1, 0.15) is 4.21 Å². The Morgan fingerprint density at radius 3 is 2.48 bits per heavy atom. The molecule has 2 aromatic rings. The first-order chi connectivity index (χ1) is 13.8. The summed E-state index contributed by atoms with van der Waals surface area (Å²) in [6.45, 7) is 3.53. The van der Waals surface area contributed by atoms with E-state index in [4.69, 9.17) is 9.47 Å². The van der Waals surface area contributed by atoms with Crippen LogP contribution in [0.1, 0.15) is 35.0 Å². The second-order valence-electron chi connectivity index (χ2n) is 7.06. The topological polar surface area (TPSA) is 84.9 Å². The zero-order chi connectivity index (χ0) is 21.0. The fraction of sp³-hybridized carbons (Fsp3) is 0.450. The van der Waals surface area contributed by atoms with Gasteiger partial charge in [-0.25, -0.2) is 8.42 Å². The quantitative estimate of drug-likeness (QED) is 0.718. The van der Waals surface area contributed by atoms with Crippen LogP contribution in [-0.2, 0) is 16.6 Å². The van der Waals surface area contributed by atoms with E-state index >= 15 is 0 Å². The van der Waals surface area contributed by atoms with Gasteiger partial charge in [-0.2, -0.15) is 4.31 Å². The normalized spacial score (nSPS) is 15.8. The van der Waals surface area contributed by atoms with E-state index in [0.717, 1.165) is 17.7 Å². The first-order valence-electron chi connectivity index (χ1n) is 9.44. The van der Waals surface area contributed by atoms with Crippen LogP contribution in [0.3, 0.4) is 0 Å². The molecule has 0 unspecified atom stereocenters. The summed E-state index contributed by atoms with van der Waals surface area (Å²) in [7, 11) is -0.421. The van der Waals surface area contributed by atoms with E-state index < -0.39 is 10.0 Å². The summed E-state index contributed by atoms with van der Waals surface area (Å²) in [5.41, 5.74) is 0.439. The van der Waals surface area contributed by atoms with Crippen molar-refractivity contribution in [3.05, 3.63) is 40.8 Å². The highest BCUT2D eigenvalue weighted by atomic mass is 32.2. The minimum Gasteiger partial charge on any atom is -0.493 e. The Kier molecular flexibility index (Phi) is 6.81. The van der Waals surface area contributed by atoms with Crippen molar-refractivity contribution in [2.45, 2.75) is 30.5 Å². The fourth-order valence-electron chi connectivity index (χ4n) is 3.19. The Hall–Kier alpha value is -2.10. The Bertz CT molecular complexity index is 963. The van der Waals surface area contributed by atoms with Crippen molar-refractivity contribution in [3.8, 4) is 11.5 Å². The minimum atomic E-state index is -3.46. The molecule has 9 heteroatoms. The monoisotopic (exact) mass is 438 g/mol. The number of carbonyl (C=O) groups excluding carboxylic acids is 1. The average molecular weight is 439 g/mol. The lowest BCUT2D eigenvalue weighted by Crippen LogP contribution is -2.37. The zero-order valence-corrected chi connectivity index (χ0v) is 18.4. The van der Waals surface area contributed by atoms with Gasteiger partial charge in [-0.05, 0) is 49.1 Å². The average Bonchev–Trinajstić information content (AvgIpc) is 3.21. The van der Waals surface area contributed by atoms with Crippen LogP contribution in [-0.4, -0.2) is 45.9 Å². The number of hydrogen-bond acceptors (Lipinski definition) is 6. The van der Waals surface area contributed by atoms with Crippen molar-refractivity contribution < 1.29 is 22.7 Å². The number of carbonyl (C=O) groups is 1. The smallest absolute Gasteiger partial charge is 0.252 e. The molecule has 3 rings (SSSR count). The van der Waals surface area contributed by atoms with Crippen LogP contribution >= 0.6 is 11.3 Å². The van der Waals surface area contributed by atoms with Crippen molar-refractivity contribution in [2.75, 3.05) is 27.3 Å². The van der Waals surface area contributed by atoms with E-state index in [1.54, 1.807) is 34.6 Å². The molecule has 1 aliphatic rings. The first kappa shape index (κ1) is 21.6. The van der Waals surface area contributed by atoms with Gasteiger partial charge in [0, 0.05) is 23.5 Å². The molecular weight excluding hydrogens is 412 g/mol. The molecule has 2 heterocycles. The largest absolute Gasteiger partial charge is 0.493 e. The molecule has 1 amide bonds. The van der Waals surface area contributed by atoms with E-state index in [1.807, 2.05) is 0 Å². The van der Waals surface area contributed by atoms with Crippen LogP contribution in [0.5, 0.6) is 11.5 Å². The van der Waals surface area contributed by atoms with E-state index in [0.29, 0.717) is 40.3 Å². The molecule has 1 saturated heterocycles. The highest BCUT2D eigenvalue weighted by molar-refractivity contribution is 7.91. The standard InChI is InChI=1S/C20H26N2O5S2/c1-14-8-10-22(11-9-14)29(24,25)19-7-5-16(28-19)13-21-20(23)15-4-6-17(26-2)18(12-15)27-3/h4-7,12,14H,8-11,13H2,1-3H3,(H,21,23). The lowest BCUT2D eigenvalue weighted by molar-refractivity contribution is 0.0951. The predicted octanol–water partition coefficient (Wildman–Crippen LogP) is 3.12. The van der Waals surface area contributed by atoms with Gasteiger partial charge in [0.15, 0.2) is 11.5 Å². The highest BCUT2D eigenvalue weighted by Gasteiger charge is 2.29. The van der Waals surface area contributed by atoms with Crippen LogP contribution < -0.4 is 14.8 Å². The minimum absolute atomic E-state index is 0.254. The molecule has 1 fully saturated rings. The number of nitrogens with one attached hydrogen (secondary N) is 1. The van der Waals surface area contributed by atoms with Crippen LogP contribution in [0.4, 0.5) is 0 Å². The summed E-state index contributed by atoms with van der Waals surface area (Å²) in [4.78, 5) is 13.2. The predicted molar refractivity (Wildman–Crippen MR) is 112 cm³/mol. The Morgan fingerprint density at radius 1 is 1.14 bits per heavy atom. The number of nitrogens with zero attached hydrogens (tertiary/aromatic N) is 1. The van der Waals surface area contributed by atoms with Gasteiger partial charge in [0.05, 0.1) is 20.8 Å². The second kappa shape index (κ2) is 9.15. The number of amides is 1. The SMILES string of the molecule is COc1ccc(C(=O)NCc2ccc(S(=O)(=O)N3CCC(C)CC3)s2)cc1OC. The van der Waals surface area contributed by atoms with Crippen LogP contribution in [0, 0.1) is 5.92 Å². The van der Waals surface area contributed by atoms with Crippen molar-refractivity contribution in [2.24, 2.45) is 5.92 Å². The number of thiophene rings is 1. The maximum absolute atomic E-state index is 12.8. The lowest BCUT2D eigenvalue weighted by atomic mass is 10.0. The van der Waals surface area contributed by atoms with Gasteiger partial charge < -0.3 is 14.8 Å².